The maximum Gasteiger partial charge on any atom is 0.254 e. The molecule has 17 heavy (non-hydrogen) atoms. The van der Waals surface area contributed by atoms with E-state index in [1.54, 1.807) is 0 Å². The summed E-state index contributed by atoms with van der Waals surface area (Å²) in [5.74, 6) is -1.19. The lowest BCUT2D eigenvalue weighted by atomic mass is 10.2. The van der Waals surface area contributed by atoms with Crippen LogP contribution in [-0.2, 0) is 0 Å². The summed E-state index contributed by atoms with van der Waals surface area (Å²) in [6.07, 6.45) is 1.75. The average molecular weight is 278 g/mol. The van der Waals surface area contributed by atoms with Crippen LogP contribution in [0.1, 0.15) is 30.1 Å². The highest BCUT2D eigenvalue weighted by atomic mass is 35.5. The summed E-state index contributed by atoms with van der Waals surface area (Å²) in [5, 5.41) is 2.39. The summed E-state index contributed by atoms with van der Waals surface area (Å²) in [5.41, 5.74) is -0.0575. The van der Waals surface area contributed by atoms with Crippen molar-refractivity contribution in [1.82, 2.24) is 5.32 Å². The lowest BCUT2D eigenvalue weighted by molar-refractivity contribution is 0.0949. The molecule has 1 N–H and O–H groups in total. The molecule has 0 saturated carbocycles. The maximum absolute atomic E-state index is 13.5. The number of hydrogen-bond acceptors (Lipinski definition) is 1. The molecule has 0 aliphatic carbocycles. The summed E-state index contributed by atoms with van der Waals surface area (Å²) in [7, 11) is 0. The lowest BCUT2D eigenvalue weighted by Gasteiger charge is -2.10. The van der Waals surface area contributed by atoms with Crippen LogP contribution in [0.2, 0.25) is 5.02 Å². The van der Waals surface area contributed by atoms with E-state index in [1.807, 2.05) is 6.92 Å². The van der Waals surface area contributed by atoms with Crippen LogP contribution in [0.25, 0.3) is 0 Å². The Kier molecular flexibility index (Phi) is 5.72. The molecule has 1 aromatic rings. The minimum absolute atomic E-state index is 0.0575. The molecule has 5 heteroatoms. The van der Waals surface area contributed by atoms with E-state index in [2.05, 4.69) is 5.32 Å². The molecule has 0 aromatic heterocycles. The van der Waals surface area contributed by atoms with Gasteiger partial charge in [0.25, 0.3) is 5.91 Å². The molecular weight excluding hydrogens is 264 g/mol. The highest BCUT2D eigenvalue weighted by molar-refractivity contribution is 6.31. The van der Waals surface area contributed by atoms with Crippen LogP contribution in [0.5, 0.6) is 0 Å². The van der Waals surface area contributed by atoms with Gasteiger partial charge in [0.15, 0.2) is 5.82 Å². The fraction of sp³-hybridized carbons (Fsp3) is 0.417. The molecule has 1 amide bonds. The molecule has 0 heterocycles. The van der Waals surface area contributed by atoms with Gasteiger partial charge < -0.3 is 5.32 Å². The summed E-state index contributed by atoms with van der Waals surface area (Å²) in [6, 6.07) is 4.32. The minimum Gasteiger partial charge on any atom is -0.350 e. The fourth-order valence-electron chi connectivity index (χ4n) is 1.39. The number of nitrogens with one attached hydrogen (secondary N) is 1. The molecule has 0 spiro atoms. The van der Waals surface area contributed by atoms with Gasteiger partial charge in [-0.15, -0.1) is 11.6 Å². The van der Waals surface area contributed by atoms with Gasteiger partial charge in [0.2, 0.25) is 0 Å². The zero-order valence-electron chi connectivity index (χ0n) is 9.47. The number of rotatable bonds is 5. The molecule has 1 rings (SSSR count). The summed E-state index contributed by atoms with van der Waals surface area (Å²) >= 11 is 11.5. The van der Waals surface area contributed by atoms with Crippen LogP contribution in [0.15, 0.2) is 18.2 Å². The summed E-state index contributed by atoms with van der Waals surface area (Å²) in [6.45, 7) is 2.33. The highest BCUT2D eigenvalue weighted by Crippen LogP contribution is 2.17. The van der Waals surface area contributed by atoms with Crippen LogP contribution in [0.3, 0.4) is 0 Å². The van der Waals surface area contributed by atoms with Gasteiger partial charge in [0, 0.05) is 6.54 Å². The lowest BCUT2D eigenvalue weighted by Crippen LogP contribution is -2.30. The van der Waals surface area contributed by atoms with Gasteiger partial charge in [-0.2, -0.15) is 0 Å². The van der Waals surface area contributed by atoms with E-state index in [0.717, 1.165) is 12.8 Å². The first-order chi connectivity index (χ1) is 8.06. The van der Waals surface area contributed by atoms with Crippen molar-refractivity contribution < 1.29 is 9.18 Å². The first-order valence-corrected chi connectivity index (χ1v) is 6.24. The second-order valence-corrected chi connectivity index (χ2v) is 4.72. The minimum atomic E-state index is -0.701. The van der Waals surface area contributed by atoms with E-state index in [4.69, 9.17) is 23.2 Å². The van der Waals surface area contributed by atoms with Crippen molar-refractivity contribution in [2.45, 2.75) is 25.1 Å². The largest absolute Gasteiger partial charge is 0.350 e. The molecule has 0 fully saturated rings. The normalized spacial score (nSPS) is 12.2. The Morgan fingerprint density at radius 2 is 2.24 bits per heavy atom. The van der Waals surface area contributed by atoms with E-state index in [1.165, 1.54) is 18.2 Å². The number of carbonyl (C=O) groups is 1. The van der Waals surface area contributed by atoms with E-state index in [-0.39, 0.29) is 16.0 Å². The molecule has 1 unspecified atom stereocenters. The number of hydrogen-bond donors (Lipinski definition) is 1. The number of halogens is 3. The smallest absolute Gasteiger partial charge is 0.254 e. The quantitative estimate of drug-likeness (QED) is 0.819. The third-order valence-electron chi connectivity index (χ3n) is 2.28. The molecule has 0 radical (unpaired) electrons. The maximum atomic E-state index is 13.5. The SMILES string of the molecule is CCCC(Cl)CNC(=O)c1cccc(Cl)c1F. The molecule has 0 saturated heterocycles. The van der Waals surface area contributed by atoms with Crippen LogP contribution in [-0.4, -0.2) is 17.8 Å². The van der Waals surface area contributed by atoms with Gasteiger partial charge in [-0.05, 0) is 18.6 Å². The standard InChI is InChI=1S/C12H14Cl2FNO/c1-2-4-8(13)7-16-12(17)9-5-3-6-10(14)11(9)15/h3,5-6,8H,2,4,7H2,1H3,(H,16,17). The van der Waals surface area contributed by atoms with Gasteiger partial charge in [0.05, 0.1) is 16.0 Å². The monoisotopic (exact) mass is 277 g/mol. The van der Waals surface area contributed by atoms with Crippen molar-refractivity contribution in [3.63, 3.8) is 0 Å². The first-order valence-electron chi connectivity index (χ1n) is 5.42. The predicted octanol–water partition coefficient (Wildman–Crippen LogP) is 3.62. The Bertz CT molecular complexity index is 398. The van der Waals surface area contributed by atoms with E-state index in [0.29, 0.717) is 6.54 Å². The predicted molar refractivity (Wildman–Crippen MR) is 68.3 cm³/mol. The molecule has 1 atom stereocenters. The topological polar surface area (TPSA) is 29.1 Å². The second-order valence-electron chi connectivity index (χ2n) is 3.70. The Morgan fingerprint density at radius 1 is 1.53 bits per heavy atom. The van der Waals surface area contributed by atoms with Crippen molar-refractivity contribution in [2.24, 2.45) is 0 Å². The second kappa shape index (κ2) is 6.82. The molecule has 1 aromatic carbocycles. The molecule has 0 aliphatic rings. The molecular formula is C12H14Cl2FNO. The number of amides is 1. The Balaban J connectivity index is 2.61. The molecule has 94 valence electrons. The van der Waals surface area contributed by atoms with Gasteiger partial charge in [0.1, 0.15) is 0 Å². The zero-order chi connectivity index (χ0) is 12.8. The fourth-order valence-corrected chi connectivity index (χ4v) is 1.86. The highest BCUT2D eigenvalue weighted by Gasteiger charge is 2.14. The number of alkyl halides is 1. The van der Waals surface area contributed by atoms with E-state index >= 15 is 0 Å². The Hall–Kier alpha value is -0.800. The average Bonchev–Trinajstić information content (AvgIpc) is 2.30. The van der Waals surface area contributed by atoms with E-state index < -0.39 is 11.7 Å². The molecule has 0 bridgehead atoms. The van der Waals surface area contributed by atoms with Crippen LogP contribution < -0.4 is 5.32 Å². The van der Waals surface area contributed by atoms with Gasteiger partial charge in [-0.3, -0.25) is 4.79 Å². The van der Waals surface area contributed by atoms with Gasteiger partial charge >= 0.3 is 0 Å². The number of carbonyl (C=O) groups excluding carboxylic acids is 1. The number of benzene rings is 1. The van der Waals surface area contributed by atoms with E-state index in [9.17, 15) is 9.18 Å². The Labute approximate surface area is 110 Å². The van der Waals surface area contributed by atoms with Crippen molar-refractivity contribution in [1.29, 1.82) is 0 Å². The van der Waals surface area contributed by atoms with Crippen LogP contribution in [0.4, 0.5) is 4.39 Å². The van der Waals surface area contributed by atoms with Gasteiger partial charge in [-0.1, -0.05) is 31.0 Å². The van der Waals surface area contributed by atoms with Gasteiger partial charge in [-0.25, -0.2) is 4.39 Å². The summed E-state index contributed by atoms with van der Waals surface area (Å²) in [4.78, 5) is 11.7. The Morgan fingerprint density at radius 3 is 2.88 bits per heavy atom. The zero-order valence-corrected chi connectivity index (χ0v) is 11.0. The molecule has 0 aliphatic heterocycles. The summed E-state index contributed by atoms with van der Waals surface area (Å²) < 4.78 is 13.5. The van der Waals surface area contributed by atoms with Crippen molar-refractivity contribution >= 4 is 29.1 Å². The first kappa shape index (κ1) is 14.3. The third kappa shape index (κ3) is 4.17. The van der Waals surface area contributed by atoms with Crippen LogP contribution in [0, 0.1) is 5.82 Å². The van der Waals surface area contributed by atoms with Crippen molar-refractivity contribution in [3.05, 3.63) is 34.6 Å². The third-order valence-corrected chi connectivity index (χ3v) is 2.95. The van der Waals surface area contributed by atoms with Crippen molar-refractivity contribution in [2.75, 3.05) is 6.54 Å². The van der Waals surface area contributed by atoms with Crippen molar-refractivity contribution in [3.8, 4) is 0 Å². The molecule has 2 nitrogen and oxygen atoms in total. The van der Waals surface area contributed by atoms with Crippen LogP contribution >= 0.6 is 23.2 Å².